The summed E-state index contributed by atoms with van der Waals surface area (Å²) >= 11 is 3.41. The molecule has 3 rings (SSSR count). The Morgan fingerprint density at radius 3 is 2.79 bits per heavy atom. The van der Waals surface area contributed by atoms with Gasteiger partial charge in [-0.25, -0.2) is 15.0 Å². The molecule has 19 heavy (non-hydrogen) atoms. The molecule has 0 radical (unpaired) electrons. The van der Waals surface area contributed by atoms with Gasteiger partial charge in [-0.15, -0.1) is 5.10 Å². The van der Waals surface area contributed by atoms with Crippen LogP contribution in [0.2, 0.25) is 0 Å². The van der Waals surface area contributed by atoms with E-state index in [1.165, 1.54) is 0 Å². The maximum Gasteiger partial charge on any atom is 0.200 e. The maximum absolute atomic E-state index is 4.51. The summed E-state index contributed by atoms with van der Waals surface area (Å²) in [5.41, 5.74) is 0.769. The standard InChI is InChI=1S/C12H13BrN6/c1-3-9-16-10(4-2)19(17-9)12-11-14-5-6-18(11)7-8(13)15-12/h5-7H,3-4H2,1-2H3. The number of aromatic nitrogens is 6. The van der Waals surface area contributed by atoms with E-state index < -0.39 is 0 Å². The first kappa shape index (κ1) is 12.3. The highest BCUT2D eigenvalue weighted by molar-refractivity contribution is 9.10. The summed E-state index contributed by atoms with van der Waals surface area (Å²) in [6, 6.07) is 0. The van der Waals surface area contributed by atoms with Crippen molar-refractivity contribution < 1.29 is 0 Å². The smallest absolute Gasteiger partial charge is 0.200 e. The normalized spacial score (nSPS) is 11.3. The predicted molar refractivity (Wildman–Crippen MR) is 74.4 cm³/mol. The fourth-order valence-electron chi connectivity index (χ4n) is 1.97. The first-order valence-corrected chi connectivity index (χ1v) is 6.96. The molecule has 0 aliphatic heterocycles. The third-order valence-corrected chi connectivity index (χ3v) is 3.26. The summed E-state index contributed by atoms with van der Waals surface area (Å²) in [6.07, 6.45) is 7.10. The van der Waals surface area contributed by atoms with Crippen LogP contribution in [-0.2, 0) is 12.8 Å². The zero-order valence-corrected chi connectivity index (χ0v) is 12.3. The van der Waals surface area contributed by atoms with E-state index in [1.54, 1.807) is 10.9 Å². The third kappa shape index (κ3) is 2.03. The molecule has 0 spiro atoms. The summed E-state index contributed by atoms with van der Waals surface area (Å²) in [5.74, 6) is 2.42. The first-order chi connectivity index (χ1) is 9.22. The molecule has 0 N–H and O–H groups in total. The number of imidazole rings is 1. The number of nitrogens with zero attached hydrogens (tertiary/aromatic N) is 6. The molecule has 0 bridgehead atoms. The van der Waals surface area contributed by atoms with Crippen molar-refractivity contribution >= 4 is 21.6 Å². The molecular formula is C12H13BrN6. The van der Waals surface area contributed by atoms with Gasteiger partial charge in [-0.1, -0.05) is 13.8 Å². The van der Waals surface area contributed by atoms with Crippen molar-refractivity contribution in [2.45, 2.75) is 26.7 Å². The number of aryl methyl sites for hydroxylation is 2. The minimum Gasteiger partial charge on any atom is -0.301 e. The van der Waals surface area contributed by atoms with Gasteiger partial charge < -0.3 is 4.40 Å². The molecule has 0 saturated carbocycles. The van der Waals surface area contributed by atoms with Crippen LogP contribution in [-0.4, -0.2) is 29.1 Å². The van der Waals surface area contributed by atoms with Crippen molar-refractivity contribution in [3.8, 4) is 5.82 Å². The summed E-state index contributed by atoms with van der Waals surface area (Å²) in [7, 11) is 0. The molecule has 0 aliphatic carbocycles. The lowest BCUT2D eigenvalue weighted by atomic mass is 10.4. The Kier molecular flexibility index (Phi) is 3.06. The second-order valence-corrected chi connectivity index (χ2v) is 4.92. The monoisotopic (exact) mass is 320 g/mol. The molecule has 6 nitrogen and oxygen atoms in total. The van der Waals surface area contributed by atoms with E-state index in [2.05, 4.69) is 42.9 Å². The van der Waals surface area contributed by atoms with E-state index in [0.29, 0.717) is 5.82 Å². The van der Waals surface area contributed by atoms with Gasteiger partial charge in [0.2, 0.25) is 0 Å². The van der Waals surface area contributed by atoms with E-state index in [4.69, 9.17) is 0 Å². The summed E-state index contributed by atoms with van der Waals surface area (Å²) in [6.45, 7) is 4.10. The molecule has 98 valence electrons. The Morgan fingerprint density at radius 1 is 1.21 bits per heavy atom. The van der Waals surface area contributed by atoms with Crippen LogP contribution in [0.1, 0.15) is 25.5 Å². The number of fused-ring (bicyclic) bond motifs is 1. The van der Waals surface area contributed by atoms with E-state index in [-0.39, 0.29) is 0 Å². The highest BCUT2D eigenvalue weighted by Crippen LogP contribution is 2.17. The molecule has 7 heteroatoms. The van der Waals surface area contributed by atoms with Crippen LogP contribution < -0.4 is 0 Å². The van der Waals surface area contributed by atoms with Crippen molar-refractivity contribution in [3.63, 3.8) is 0 Å². The van der Waals surface area contributed by atoms with Gasteiger partial charge in [0.05, 0.1) is 0 Å². The van der Waals surface area contributed by atoms with Crippen molar-refractivity contribution in [1.82, 2.24) is 29.1 Å². The van der Waals surface area contributed by atoms with Gasteiger partial charge in [-0.05, 0) is 15.9 Å². The van der Waals surface area contributed by atoms with Crippen LogP contribution in [0.15, 0.2) is 23.2 Å². The molecule has 0 saturated heterocycles. The first-order valence-electron chi connectivity index (χ1n) is 6.17. The topological polar surface area (TPSA) is 60.9 Å². The second-order valence-electron chi connectivity index (χ2n) is 4.11. The molecule has 0 amide bonds. The molecule has 0 unspecified atom stereocenters. The summed E-state index contributed by atoms with van der Waals surface area (Å²) < 4.78 is 4.44. The van der Waals surface area contributed by atoms with Crippen LogP contribution in [0, 0.1) is 0 Å². The Balaban J connectivity index is 2.28. The van der Waals surface area contributed by atoms with Crippen molar-refractivity contribution in [2.24, 2.45) is 0 Å². The van der Waals surface area contributed by atoms with Gasteiger partial charge in [-0.3, -0.25) is 0 Å². The third-order valence-electron chi connectivity index (χ3n) is 2.88. The Morgan fingerprint density at radius 2 is 2.05 bits per heavy atom. The Labute approximate surface area is 118 Å². The number of hydrogen-bond acceptors (Lipinski definition) is 4. The fourth-order valence-corrected chi connectivity index (χ4v) is 2.36. The average Bonchev–Trinajstić information content (AvgIpc) is 3.03. The molecule has 3 aromatic rings. The molecule has 0 fully saturated rings. The second kappa shape index (κ2) is 4.73. The molecule has 0 aliphatic rings. The largest absolute Gasteiger partial charge is 0.301 e. The van der Waals surface area contributed by atoms with Crippen LogP contribution in [0.4, 0.5) is 0 Å². The minimum absolute atomic E-state index is 0.698. The van der Waals surface area contributed by atoms with E-state index in [0.717, 1.165) is 34.7 Å². The summed E-state index contributed by atoms with van der Waals surface area (Å²) in [4.78, 5) is 13.3. The average molecular weight is 321 g/mol. The Hall–Kier alpha value is -1.76. The zero-order chi connectivity index (χ0) is 13.4. The highest BCUT2D eigenvalue weighted by Gasteiger charge is 2.15. The minimum atomic E-state index is 0.698. The lowest BCUT2D eigenvalue weighted by molar-refractivity contribution is 0.765. The van der Waals surface area contributed by atoms with E-state index in [1.807, 2.05) is 23.7 Å². The molecule has 3 heterocycles. The number of rotatable bonds is 3. The predicted octanol–water partition coefficient (Wildman–Crippen LogP) is 2.20. The van der Waals surface area contributed by atoms with E-state index in [9.17, 15) is 0 Å². The van der Waals surface area contributed by atoms with Crippen molar-refractivity contribution in [1.29, 1.82) is 0 Å². The van der Waals surface area contributed by atoms with Gasteiger partial charge >= 0.3 is 0 Å². The Bertz CT molecular complexity index is 729. The zero-order valence-electron chi connectivity index (χ0n) is 10.7. The van der Waals surface area contributed by atoms with Gasteiger partial charge in [0.1, 0.15) is 10.4 Å². The van der Waals surface area contributed by atoms with Gasteiger partial charge in [0.25, 0.3) is 0 Å². The number of hydrogen-bond donors (Lipinski definition) is 0. The highest BCUT2D eigenvalue weighted by atomic mass is 79.9. The van der Waals surface area contributed by atoms with Crippen LogP contribution in [0.5, 0.6) is 0 Å². The van der Waals surface area contributed by atoms with Crippen molar-refractivity contribution in [3.05, 3.63) is 34.8 Å². The van der Waals surface area contributed by atoms with Crippen LogP contribution in [0.25, 0.3) is 11.5 Å². The fraction of sp³-hybridized carbons (Fsp3) is 0.333. The lowest BCUT2D eigenvalue weighted by Gasteiger charge is -2.05. The quantitative estimate of drug-likeness (QED) is 0.742. The molecule has 3 aromatic heterocycles. The molecule has 0 atom stereocenters. The maximum atomic E-state index is 4.51. The van der Waals surface area contributed by atoms with Crippen LogP contribution >= 0.6 is 15.9 Å². The molecular weight excluding hydrogens is 308 g/mol. The lowest BCUT2D eigenvalue weighted by Crippen LogP contribution is -2.07. The van der Waals surface area contributed by atoms with Gasteiger partial charge in [-0.2, -0.15) is 4.68 Å². The summed E-state index contributed by atoms with van der Waals surface area (Å²) in [5, 5.41) is 4.51. The molecule has 0 aromatic carbocycles. The van der Waals surface area contributed by atoms with Crippen LogP contribution in [0.3, 0.4) is 0 Å². The van der Waals surface area contributed by atoms with Gasteiger partial charge in [0.15, 0.2) is 17.3 Å². The van der Waals surface area contributed by atoms with Crippen molar-refractivity contribution in [2.75, 3.05) is 0 Å². The van der Waals surface area contributed by atoms with E-state index >= 15 is 0 Å². The van der Waals surface area contributed by atoms with Gasteiger partial charge in [0, 0.05) is 31.4 Å². The SMILES string of the molecule is CCc1nc(CC)n(-c2nc(Br)cn3ccnc23)n1. The number of halogens is 1.